The van der Waals surface area contributed by atoms with Crippen LogP contribution in [0.15, 0.2) is 58.3 Å². The summed E-state index contributed by atoms with van der Waals surface area (Å²) in [5, 5.41) is 0.692. The number of pyridine rings is 1. The summed E-state index contributed by atoms with van der Waals surface area (Å²) in [6, 6.07) is 13.7. The van der Waals surface area contributed by atoms with E-state index in [9.17, 15) is 0 Å². The van der Waals surface area contributed by atoms with Gasteiger partial charge in [0.15, 0.2) is 5.58 Å². The number of hydrogen-bond acceptors (Lipinski definition) is 4. The Hall–Kier alpha value is -1.81. The zero-order valence-electron chi connectivity index (χ0n) is 9.04. The van der Waals surface area contributed by atoms with Crippen molar-refractivity contribution in [2.45, 2.75) is 11.0 Å². The van der Waals surface area contributed by atoms with E-state index in [0.717, 1.165) is 22.5 Å². The van der Waals surface area contributed by atoms with E-state index in [4.69, 9.17) is 4.42 Å². The van der Waals surface area contributed by atoms with Crippen LogP contribution in [0.5, 0.6) is 0 Å². The number of oxazole rings is 1. The van der Waals surface area contributed by atoms with Crippen LogP contribution in [0.1, 0.15) is 5.69 Å². The number of thioether (sulfide) groups is 1. The van der Waals surface area contributed by atoms with Crippen LogP contribution in [-0.4, -0.2) is 9.97 Å². The van der Waals surface area contributed by atoms with Crippen molar-refractivity contribution < 1.29 is 4.42 Å². The Labute approximate surface area is 103 Å². The van der Waals surface area contributed by atoms with E-state index in [-0.39, 0.29) is 0 Å². The van der Waals surface area contributed by atoms with Gasteiger partial charge in [0, 0.05) is 11.9 Å². The molecular weight excluding hydrogens is 232 g/mol. The van der Waals surface area contributed by atoms with Gasteiger partial charge in [0.1, 0.15) is 5.52 Å². The van der Waals surface area contributed by atoms with Gasteiger partial charge in [-0.3, -0.25) is 4.98 Å². The first-order chi connectivity index (χ1) is 8.42. The molecule has 0 fully saturated rings. The summed E-state index contributed by atoms with van der Waals surface area (Å²) in [6.07, 6.45) is 1.79. The quantitative estimate of drug-likeness (QED) is 0.659. The number of para-hydroxylation sites is 2. The molecule has 0 spiro atoms. The van der Waals surface area contributed by atoms with Gasteiger partial charge >= 0.3 is 0 Å². The number of fused-ring (bicyclic) bond motifs is 1. The molecule has 2 aromatic heterocycles. The van der Waals surface area contributed by atoms with Crippen LogP contribution < -0.4 is 0 Å². The van der Waals surface area contributed by atoms with E-state index >= 15 is 0 Å². The third-order valence-electron chi connectivity index (χ3n) is 2.34. The Morgan fingerprint density at radius 2 is 1.94 bits per heavy atom. The molecule has 0 unspecified atom stereocenters. The highest BCUT2D eigenvalue weighted by Gasteiger charge is 2.05. The van der Waals surface area contributed by atoms with Crippen molar-refractivity contribution in [3.05, 3.63) is 54.4 Å². The fourth-order valence-corrected chi connectivity index (χ4v) is 2.29. The standard InChI is InChI=1S/C13H10N2OS/c1-2-7-12-11(6-1)15-13(16-12)17-9-10-5-3-4-8-14-10/h1-8H,9H2. The van der Waals surface area contributed by atoms with Crippen molar-refractivity contribution in [2.75, 3.05) is 0 Å². The average molecular weight is 242 g/mol. The van der Waals surface area contributed by atoms with Crippen LogP contribution in [0.4, 0.5) is 0 Å². The van der Waals surface area contributed by atoms with Gasteiger partial charge < -0.3 is 4.42 Å². The lowest BCUT2D eigenvalue weighted by molar-refractivity contribution is 0.489. The van der Waals surface area contributed by atoms with Gasteiger partial charge in [-0.15, -0.1) is 0 Å². The summed E-state index contributed by atoms with van der Waals surface area (Å²) < 4.78 is 5.61. The first-order valence-corrected chi connectivity index (χ1v) is 6.29. The first-order valence-electron chi connectivity index (χ1n) is 5.30. The minimum atomic E-state index is 0.692. The molecule has 3 rings (SSSR count). The third kappa shape index (κ3) is 2.31. The van der Waals surface area contributed by atoms with E-state index in [1.165, 1.54) is 0 Å². The summed E-state index contributed by atoms with van der Waals surface area (Å²) in [4.78, 5) is 8.65. The zero-order valence-corrected chi connectivity index (χ0v) is 9.85. The smallest absolute Gasteiger partial charge is 0.257 e. The molecule has 0 aliphatic heterocycles. The molecule has 4 heteroatoms. The number of benzene rings is 1. The fourth-order valence-electron chi connectivity index (χ4n) is 1.53. The summed E-state index contributed by atoms with van der Waals surface area (Å²) in [5.74, 6) is 0.771. The van der Waals surface area contributed by atoms with E-state index in [1.807, 2.05) is 42.5 Å². The zero-order chi connectivity index (χ0) is 11.5. The van der Waals surface area contributed by atoms with E-state index < -0.39 is 0 Å². The molecule has 0 saturated heterocycles. The third-order valence-corrected chi connectivity index (χ3v) is 3.21. The summed E-state index contributed by atoms with van der Waals surface area (Å²) in [7, 11) is 0. The lowest BCUT2D eigenvalue weighted by Gasteiger charge is -1.95. The lowest BCUT2D eigenvalue weighted by atomic mass is 10.3. The molecule has 3 nitrogen and oxygen atoms in total. The molecule has 0 N–H and O–H groups in total. The van der Waals surface area contributed by atoms with Crippen LogP contribution in [0.2, 0.25) is 0 Å². The summed E-state index contributed by atoms with van der Waals surface area (Å²) in [6.45, 7) is 0. The molecule has 0 atom stereocenters. The maximum absolute atomic E-state index is 5.61. The molecule has 17 heavy (non-hydrogen) atoms. The maximum Gasteiger partial charge on any atom is 0.257 e. The molecule has 0 radical (unpaired) electrons. The molecule has 0 amide bonds. The Balaban J connectivity index is 1.77. The maximum atomic E-state index is 5.61. The molecule has 0 bridgehead atoms. The molecule has 2 heterocycles. The van der Waals surface area contributed by atoms with Crippen molar-refractivity contribution in [2.24, 2.45) is 0 Å². The first kappa shape index (κ1) is 10.4. The van der Waals surface area contributed by atoms with Gasteiger partial charge in [0.2, 0.25) is 0 Å². The van der Waals surface area contributed by atoms with Crippen LogP contribution in [0.3, 0.4) is 0 Å². The monoisotopic (exact) mass is 242 g/mol. The lowest BCUT2D eigenvalue weighted by Crippen LogP contribution is -1.84. The predicted octanol–water partition coefficient (Wildman–Crippen LogP) is 3.52. The van der Waals surface area contributed by atoms with Crippen LogP contribution in [0, 0.1) is 0 Å². The largest absolute Gasteiger partial charge is 0.431 e. The minimum Gasteiger partial charge on any atom is -0.431 e. The van der Waals surface area contributed by atoms with Crippen molar-refractivity contribution in [3.8, 4) is 0 Å². The highest BCUT2D eigenvalue weighted by molar-refractivity contribution is 7.98. The Kier molecular flexibility index (Phi) is 2.80. The van der Waals surface area contributed by atoms with Crippen molar-refractivity contribution in [3.63, 3.8) is 0 Å². The molecular formula is C13H10N2OS. The van der Waals surface area contributed by atoms with Gasteiger partial charge in [0.05, 0.1) is 5.69 Å². The van der Waals surface area contributed by atoms with Gasteiger partial charge in [-0.1, -0.05) is 30.0 Å². The number of rotatable bonds is 3. The number of aromatic nitrogens is 2. The Morgan fingerprint density at radius 1 is 1.06 bits per heavy atom. The van der Waals surface area contributed by atoms with Crippen LogP contribution in [0.25, 0.3) is 11.1 Å². The van der Waals surface area contributed by atoms with E-state index in [0.29, 0.717) is 5.22 Å². The van der Waals surface area contributed by atoms with Crippen molar-refractivity contribution in [1.82, 2.24) is 9.97 Å². The molecule has 3 aromatic rings. The summed E-state index contributed by atoms with van der Waals surface area (Å²) >= 11 is 1.56. The Bertz CT molecular complexity index is 588. The average Bonchev–Trinajstić information content (AvgIpc) is 2.80. The van der Waals surface area contributed by atoms with Gasteiger partial charge in [-0.2, -0.15) is 0 Å². The topological polar surface area (TPSA) is 38.9 Å². The second kappa shape index (κ2) is 4.59. The fraction of sp³-hybridized carbons (Fsp3) is 0.0769. The van der Waals surface area contributed by atoms with E-state index in [2.05, 4.69) is 9.97 Å². The molecule has 1 aromatic carbocycles. The molecule has 0 aliphatic rings. The normalized spacial score (nSPS) is 10.8. The molecule has 84 valence electrons. The summed E-state index contributed by atoms with van der Waals surface area (Å²) in [5.41, 5.74) is 2.76. The van der Waals surface area contributed by atoms with Gasteiger partial charge in [-0.25, -0.2) is 4.98 Å². The second-order valence-corrected chi connectivity index (χ2v) is 4.48. The Morgan fingerprint density at radius 3 is 2.76 bits per heavy atom. The van der Waals surface area contributed by atoms with Crippen LogP contribution >= 0.6 is 11.8 Å². The van der Waals surface area contributed by atoms with Crippen molar-refractivity contribution >= 4 is 22.9 Å². The van der Waals surface area contributed by atoms with E-state index in [1.54, 1.807) is 18.0 Å². The minimum absolute atomic E-state index is 0.692. The predicted molar refractivity (Wildman–Crippen MR) is 67.8 cm³/mol. The second-order valence-electron chi connectivity index (χ2n) is 3.56. The van der Waals surface area contributed by atoms with Crippen LogP contribution in [-0.2, 0) is 5.75 Å². The van der Waals surface area contributed by atoms with Gasteiger partial charge in [-0.05, 0) is 24.3 Å². The van der Waals surface area contributed by atoms with Crippen molar-refractivity contribution in [1.29, 1.82) is 0 Å². The highest BCUT2D eigenvalue weighted by Crippen LogP contribution is 2.25. The molecule has 0 saturated carbocycles. The highest BCUT2D eigenvalue weighted by atomic mass is 32.2. The number of hydrogen-bond donors (Lipinski definition) is 0. The van der Waals surface area contributed by atoms with Gasteiger partial charge in [0.25, 0.3) is 5.22 Å². The number of nitrogens with zero attached hydrogens (tertiary/aromatic N) is 2. The molecule has 0 aliphatic carbocycles. The SMILES string of the molecule is c1ccc(CSc2nc3ccccc3o2)nc1.